The Morgan fingerprint density at radius 1 is 1.12 bits per heavy atom. The summed E-state index contributed by atoms with van der Waals surface area (Å²) in [4.78, 5) is 11.7. The van der Waals surface area contributed by atoms with Crippen LogP contribution in [0.1, 0.15) is 28.4 Å². The Hall–Kier alpha value is -3.27. The van der Waals surface area contributed by atoms with E-state index in [0.717, 1.165) is 25.3 Å². The normalized spacial score (nSPS) is 11.9. The van der Waals surface area contributed by atoms with Crippen molar-refractivity contribution in [1.29, 1.82) is 0 Å². The summed E-state index contributed by atoms with van der Waals surface area (Å²) in [6.45, 7) is 1.73. The molecule has 0 unspecified atom stereocenters. The van der Waals surface area contributed by atoms with Crippen LogP contribution in [0.15, 0.2) is 59.6 Å². The van der Waals surface area contributed by atoms with Crippen LogP contribution >= 0.6 is 0 Å². The van der Waals surface area contributed by atoms with E-state index in [1.54, 1.807) is 36.9 Å². The Bertz CT molecular complexity index is 1260. The molecule has 3 aromatic rings. The lowest BCUT2D eigenvalue weighted by molar-refractivity contribution is -0.137. The molecule has 1 aromatic heterocycles. The Morgan fingerprint density at radius 3 is 2.41 bits per heavy atom. The molecule has 3 rings (SSSR count). The minimum absolute atomic E-state index is 0.0109. The molecule has 0 aliphatic carbocycles. The molecule has 0 radical (unpaired) electrons. The third kappa shape index (κ3) is 4.64. The molecule has 0 saturated heterocycles. The van der Waals surface area contributed by atoms with Gasteiger partial charge < -0.3 is 9.30 Å². The number of methoxy groups -OCH3 is 1. The number of ether oxygens (including phenoxy) is 1. The van der Waals surface area contributed by atoms with Gasteiger partial charge in [-0.15, -0.1) is 0 Å². The van der Waals surface area contributed by atoms with Crippen LogP contribution in [0.2, 0.25) is 0 Å². The first-order valence-electron chi connectivity index (χ1n) is 9.55. The standard InChI is InChI=1S/C22H21F3N2O4S/c1-4-14-7-8-15(21(28)31-3)12-20(14)32(29,30)26-18-13-16(22(23,24)25)9-10-17(18)19-6-5-11-27(19)2/h5-13,26H,4H2,1-3H3. The number of nitrogens with zero attached hydrogens (tertiary/aromatic N) is 1. The fourth-order valence-corrected chi connectivity index (χ4v) is 4.72. The summed E-state index contributed by atoms with van der Waals surface area (Å²) in [6, 6.07) is 10.3. The first kappa shape index (κ1) is 23.4. The summed E-state index contributed by atoms with van der Waals surface area (Å²) in [5.41, 5.74) is -0.0136. The van der Waals surface area contributed by atoms with Crippen molar-refractivity contribution in [2.45, 2.75) is 24.4 Å². The predicted octanol–water partition coefficient (Wildman–Crippen LogP) is 4.86. The molecule has 2 aromatic carbocycles. The maximum atomic E-state index is 13.3. The number of aromatic nitrogens is 1. The van der Waals surface area contributed by atoms with Gasteiger partial charge in [0.1, 0.15) is 0 Å². The topological polar surface area (TPSA) is 77.4 Å². The molecule has 1 heterocycles. The van der Waals surface area contributed by atoms with E-state index in [9.17, 15) is 26.4 Å². The minimum atomic E-state index is -4.66. The molecule has 0 spiro atoms. The molecule has 0 aliphatic rings. The fourth-order valence-electron chi connectivity index (χ4n) is 3.31. The summed E-state index contributed by atoms with van der Waals surface area (Å²) >= 11 is 0. The van der Waals surface area contributed by atoms with Crippen LogP contribution in [0, 0.1) is 0 Å². The van der Waals surface area contributed by atoms with E-state index < -0.39 is 27.7 Å². The molecule has 0 bridgehead atoms. The molecule has 0 aliphatic heterocycles. The lowest BCUT2D eigenvalue weighted by Gasteiger charge is -2.18. The minimum Gasteiger partial charge on any atom is -0.465 e. The summed E-state index contributed by atoms with van der Waals surface area (Å²) in [5, 5.41) is 0. The van der Waals surface area contributed by atoms with Gasteiger partial charge in [-0.3, -0.25) is 4.72 Å². The second kappa shape index (κ2) is 8.70. The number of sulfonamides is 1. The number of benzene rings is 2. The van der Waals surface area contributed by atoms with Gasteiger partial charge in [-0.1, -0.05) is 19.1 Å². The zero-order valence-corrected chi connectivity index (χ0v) is 18.3. The van der Waals surface area contributed by atoms with Gasteiger partial charge in [-0.2, -0.15) is 13.2 Å². The van der Waals surface area contributed by atoms with Crippen LogP contribution < -0.4 is 4.72 Å². The second-order valence-corrected chi connectivity index (χ2v) is 8.69. The van der Waals surface area contributed by atoms with E-state index >= 15 is 0 Å². The van der Waals surface area contributed by atoms with Gasteiger partial charge in [-0.05, 0) is 48.4 Å². The highest BCUT2D eigenvalue weighted by molar-refractivity contribution is 7.92. The molecule has 1 N–H and O–H groups in total. The zero-order chi connectivity index (χ0) is 23.7. The summed E-state index contributed by atoms with van der Waals surface area (Å²) in [6.07, 6.45) is -2.64. The van der Waals surface area contributed by atoms with Crippen LogP contribution in [-0.2, 0) is 34.4 Å². The van der Waals surface area contributed by atoms with Crippen molar-refractivity contribution in [3.8, 4) is 11.3 Å². The molecular formula is C22H21F3N2O4S. The largest absolute Gasteiger partial charge is 0.465 e. The van der Waals surface area contributed by atoms with E-state index in [1.807, 2.05) is 0 Å². The Balaban J connectivity index is 2.17. The lowest BCUT2D eigenvalue weighted by Crippen LogP contribution is -2.17. The number of nitrogens with one attached hydrogen (secondary N) is 1. The monoisotopic (exact) mass is 466 g/mol. The number of esters is 1. The van der Waals surface area contributed by atoms with Gasteiger partial charge in [0, 0.05) is 24.5 Å². The van der Waals surface area contributed by atoms with Crippen molar-refractivity contribution in [3.05, 3.63) is 71.4 Å². The fraction of sp³-hybridized carbons (Fsp3) is 0.227. The van der Waals surface area contributed by atoms with Crippen LogP contribution in [0.4, 0.5) is 18.9 Å². The van der Waals surface area contributed by atoms with E-state index in [-0.39, 0.29) is 21.7 Å². The van der Waals surface area contributed by atoms with Crippen LogP contribution in [0.25, 0.3) is 11.3 Å². The molecular weight excluding hydrogens is 445 g/mol. The lowest BCUT2D eigenvalue weighted by atomic mass is 10.1. The van der Waals surface area contributed by atoms with Gasteiger partial charge in [0.05, 0.1) is 28.8 Å². The summed E-state index contributed by atoms with van der Waals surface area (Å²) in [5.74, 6) is -0.729. The van der Waals surface area contributed by atoms with Crippen molar-refractivity contribution >= 4 is 21.7 Å². The smallest absolute Gasteiger partial charge is 0.416 e. The van der Waals surface area contributed by atoms with Crippen LogP contribution in [0.3, 0.4) is 0 Å². The van der Waals surface area contributed by atoms with Gasteiger partial charge in [0.2, 0.25) is 0 Å². The van der Waals surface area contributed by atoms with Gasteiger partial charge in [-0.25, -0.2) is 13.2 Å². The maximum absolute atomic E-state index is 13.3. The quantitative estimate of drug-likeness (QED) is 0.527. The highest BCUT2D eigenvalue weighted by Gasteiger charge is 2.32. The van der Waals surface area contributed by atoms with Crippen LogP contribution in [-0.4, -0.2) is 26.1 Å². The number of rotatable bonds is 6. The molecule has 0 amide bonds. The first-order valence-corrected chi connectivity index (χ1v) is 11.0. The SMILES string of the molecule is CCc1ccc(C(=O)OC)cc1S(=O)(=O)Nc1cc(C(F)(F)F)ccc1-c1cccn1C. The van der Waals surface area contributed by atoms with Gasteiger partial charge in [0.25, 0.3) is 10.0 Å². The Morgan fingerprint density at radius 2 is 1.84 bits per heavy atom. The number of carbonyl (C=O) groups is 1. The maximum Gasteiger partial charge on any atom is 0.416 e. The molecule has 170 valence electrons. The predicted molar refractivity (Wildman–Crippen MR) is 114 cm³/mol. The van der Waals surface area contributed by atoms with Crippen molar-refractivity contribution in [3.63, 3.8) is 0 Å². The molecule has 10 heteroatoms. The highest BCUT2D eigenvalue weighted by atomic mass is 32.2. The number of hydrogen-bond acceptors (Lipinski definition) is 4. The number of aryl methyl sites for hydroxylation is 2. The molecule has 0 fully saturated rings. The van der Waals surface area contributed by atoms with Crippen molar-refractivity contribution in [2.75, 3.05) is 11.8 Å². The highest BCUT2D eigenvalue weighted by Crippen LogP contribution is 2.37. The second-order valence-electron chi connectivity index (χ2n) is 7.04. The molecule has 32 heavy (non-hydrogen) atoms. The Kier molecular flexibility index (Phi) is 6.36. The number of anilines is 1. The van der Waals surface area contributed by atoms with Gasteiger partial charge in [0.15, 0.2) is 0 Å². The van der Waals surface area contributed by atoms with Gasteiger partial charge >= 0.3 is 12.1 Å². The third-order valence-electron chi connectivity index (χ3n) is 4.97. The average molecular weight is 466 g/mol. The van der Waals surface area contributed by atoms with Crippen molar-refractivity contribution < 1.29 is 31.1 Å². The number of alkyl halides is 3. The van der Waals surface area contributed by atoms with E-state index in [4.69, 9.17) is 0 Å². The number of halogens is 3. The number of hydrogen-bond donors (Lipinski definition) is 1. The molecule has 6 nitrogen and oxygen atoms in total. The molecule has 0 atom stereocenters. The van der Waals surface area contributed by atoms with Crippen molar-refractivity contribution in [2.24, 2.45) is 7.05 Å². The first-order chi connectivity index (χ1) is 15.0. The van der Waals surface area contributed by atoms with Crippen molar-refractivity contribution in [1.82, 2.24) is 4.57 Å². The van der Waals surface area contributed by atoms with E-state index in [2.05, 4.69) is 9.46 Å². The van der Waals surface area contributed by atoms with Crippen LogP contribution in [0.5, 0.6) is 0 Å². The van der Waals surface area contributed by atoms with E-state index in [0.29, 0.717) is 17.7 Å². The summed E-state index contributed by atoms with van der Waals surface area (Å²) < 4.78 is 75.2. The third-order valence-corrected chi connectivity index (χ3v) is 6.42. The Labute approximate surface area is 183 Å². The zero-order valence-electron chi connectivity index (χ0n) is 17.5. The summed E-state index contributed by atoms with van der Waals surface area (Å²) in [7, 11) is -1.48. The molecule has 0 saturated carbocycles. The number of carbonyl (C=O) groups excluding carboxylic acids is 1. The average Bonchev–Trinajstić information content (AvgIpc) is 3.17. The van der Waals surface area contributed by atoms with E-state index in [1.165, 1.54) is 18.2 Å².